The summed E-state index contributed by atoms with van der Waals surface area (Å²) in [5, 5.41) is 5.86. The molecule has 1 N–H and O–H groups in total. The van der Waals surface area contributed by atoms with Gasteiger partial charge in [0.25, 0.3) is 5.91 Å². The van der Waals surface area contributed by atoms with E-state index in [1.807, 2.05) is 10.3 Å². The van der Waals surface area contributed by atoms with E-state index in [9.17, 15) is 4.79 Å². The Balaban J connectivity index is 1.54. The molecule has 4 heterocycles. The topological polar surface area (TPSA) is 96.8 Å². The van der Waals surface area contributed by atoms with E-state index in [0.29, 0.717) is 12.4 Å². The molecule has 1 saturated heterocycles. The summed E-state index contributed by atoms with van der Waals surface area (Å²) >= 11 is 1.49. The summed E-state index contributed by atoms with van der Waals surface area (Å²) in [7, 11) is 0. The molecule has 1 atom stereocenters. The second-order valence-electron chi connectivity index (χ2n) is 5.88. The molecule has 0 spiro atoms. The van der Waals surface area contributed by atoms with Crippen molar-refractivity contribution in [2.24, 2.45) is 0 Å². The second-order valence-corrected chi connectivity index (χ2v) is 6.73. The number of rotatable bonds is 4. The molecule has 3 aromatic rings. The molecule has 132 valence electrons. The van der Waals surface area contributed by atoms with Crippen LogP contribution in [-0.4, -0.2) is 42.3 Å². The van der Waals surface area contributed by atoms with Gasteiger partial charge in [0.05, 0.1) is 17.9 Å². The summed E-state index contributed by atoms with van der Waals surface area (Å²) in [6.45, 7) is 0.687. The van der Waals surface area contributed by atoms with Crippen LogP contribution < -0.4 is 5.32 Å². The summed E-state index contributed by atoms with van der Waals surface area (Å²) in [6.07, 6.45) is 11.0. The first-order valence-corrected chi connectivity index (χ1v) is 9.25. The fourth-order valence-electron chi connectivity index (χ4n) is 2.99. The van der Waals surface area contributed by atoms with Gasteiger partial charge < -0.3 is 10.2 Å². The van der Waals surface area contributed by atoms with Gasteiger partial charge in [-0.2, -0.15) is 0 Å². The van der Waals surface area contributed by atoms with Gasteiger partial charge in [-0.05, 0) is 25.3 Å². The van der Waals surface area contributed by atoms with Crippen LogP contribution in [0.1, 0.15) is 41.6 Å². The van der Waals surface area contributed by atoms with Crippen LogP contribution in [0.2, 0.25) is 0 Å². The average molecular weight is 367 g/mol. The zero-order chi connectivity index (χ0) is 17.8. The van der Waals surface area contributed by atoms with Crippen LogP contribution in [0.5, 0.6) is 0 Å². The van der Waals surface area contributed by atoms with Crippen molar-refractivity contribution in [3.63, 3.8) is 0 Å². The normalized spacial score (nSPS) is 17.1. The van der Waals surface area contributed by atoms with Gasteiger partial charge in [0.1, 0.15) is 0 Å². The molecular formula is C17H17N7OS. The number of nitrogens with one attached hydrogen (secondary N) is 1. The molecule has 0 unspecified atom stereocenters. The molecule has 9 heteroatoms. The Bertz CT molecular complexity index is 871. The fraction of sp³-hybridized carbons (Fsp3) is 0.294. The maximum Gasteiger partial charge on any atom is 0.292 e. The number of hydrogen-bond acceptors (Lipinski definition) is 8. The third kappa shape index (κ3) is 3.52. The number of amides is 1. The largest absolute Gasteiger partial charge is 0.327 e. The lowest BCUT2D eigenvalue weighted by Crippen LogP contribution is -2.39. The summed E-state index contributed by atoms with van der Waals surface area (Å²) in [5.41, 5.74) is 0.880. The summed E-state index contributed by atoms with van der Waals surface area (Å²) in [4.78, 5) is 35.7. The molecule has 1 aliphatic rings. The highest BCUT2D eigenvalue weighted by Gasteiger charge is 2.31. The number of carbonyl (C=O) groups is 1. The van der Waals surface area contributed by atoms with Crippen molar-refractivity contribution in [1.29, 1.82) is 0 Å². The van der Waals surface area contributed by atoms with Crippen molar-refractivity contribution in [2.75, 3.05) is 11.9 Å². The Kier molecular flexibility index (Phi) is 4.78. The highest BCUT2D eigenvalue weighted by molar-refractivity contribution is 7.13. The van der Waals surface area contributed by atoms with Crippen molar-refractivity contribution in [1.82, 2.24) is 29.8 Å². The maximum absolute atomic E-state index is 12.8. The van der Waals surface area contributed by atoms with Gasteiger partial charge in [0.15, 0.2) is 10.9 Å². The lowest BCUT2D eigenvalue weighted by Gasteiger charge is -2.34. The Morgan fingerprint density at radius 3 is 2.85 bits per heavy atom. The predicted octanol–water partition coefficient (Wildman–Crippen LogP) is 2.83. The van der Waals surface area contributed by atoms with Crippen molar-refractivity contribution >= 4 is 28.2 Å². The first-order valence-electron chi connectivity index (χ1n) is 8.38. The summed E-state index contributed by atoms with van der Waals surface area (Å²) in [6, 6.07) is 1.64. The van der Waals surface area contributed by atoms with E-state index in [1.165, 1.54) is 11.3 Å². The molecule has 0 aromatic carbocycles. The van der Waals surface area contributed by atoms with Crippen molar-refractivity contribution in [2.45, 2.75) is 25.3 Å². The highest BCUT2D eigenvalue weighted by atomic mass is 32.1. The number of nitrogens with zero attached hydrogens (tertiary/aromatic N) is 6. The summed E-state index contributed by atoms with van der Waals surface area (Å²) < 4.78 is 0. The molecule has 0 radical (unpaired) electrons. The molecule has 26 heavy (non-hydrogen) atoms. The lowest BCUT2D eigenvalue weighted by atomic mass is 10.00. The SMILES string of the molecule is O=C(c1ncccn1)N1CCCC[C@H]1c1csc(Nc2cnccn2)n1. The standard InChI is InChI=1S/C17H17N7OS/c25-16(15-20-5-3-6-21-15)24-9-2-1-4-13(24)12-11-26-17(22-12)23-14-10-18-7-8-19-14/h3,5-8,10-11,13H,1-2,4,9H2,(H,19,22,23)/t13-/m0/s1. The van der Waals surface area contributed by atoms with Gasteiger partial charge in [-0.3, -0.25) is 9.78 Å². The summed E-state index contributed by atoms with van der Waals surface area (Å²) in [5.74, 6) is 0.724. The van der Waals surface area contributed by atoms with Crippen molar-refractivity contribution < 1.29 is 4.79 Å². The van der Waals surface area contributed by atoms with Crippen LogP contribution in [0.4, 0.5) is 10.9 Å². The van der Waals surface area contributed by atoms with Gasteiger partial charge in [0, 0.05) is 36.7 Å². The van der Waals surface area contributed by atoms with Crippen LogP contribution in [-0.2, 0) is 0 Å². The van der Waals surface area contributed by atoms with Gasteiger partial charge in [0.2, 0.25) is 5.82 Å². The molecule has 1 aliphatic heterocycles. The molecule has 4 rings (SSSR count). The van der Waals surface area contributed by atoms with E-state index < -0.39 is 0 Å². The number of likely N-dealkylation sites (tertiary alicyclic amines) is 1. The van der Waals surface area contributed by atoms with Gasteiger partial charge in [-0.25, -0.2) is 19.9 Å². The highest BCUT2D eigenvalue weighted by Crippen LogP contribution is 2.33. The van der Waals surface area contributed by atoms with Gasteiger partial charge in [-0.15, -0.1) is 11.3 Å². The van der Waals surface area contributed by atoms with Crippen LogP contribution in [0.15, 0.2) is 42.4 Å². The van der Waals surface area contributed by atoms with E-state index in [0.717, 1.165) is 30.1 Å². The quantitative estimate of drug-likeness (QED) is 0.757. The minimum atomic E-state index is -0.147. The first kappa shape index (κ1) is 16.5. The zero-order valence-electron chi connectivity index (χ0n) is 13.9. The lowest BCUT2D eigenvalue weighted by molar-refractivity contribution is 0.0594. The molecule has 0 saturated carbocycles. The van der Waals surface area contributed by atoms with E-state index in [2.05, 4.69) is 30.2 Å². The molecule has 0 bridgehead atoms. The minimum Gasteiger partial charge on any atom is -0.327 e. The smallest absolute Gasteiger partial charge is 0.292 e. The molecule has 3 aromatic heterocycles. The van der Waals surface area contributed by atoms with Crippen LogP contribution in [0.25, 0.3) is 0 Å². The third-order valence-corrected chi connectivity index (χ3v) is 4.96. The molecular weight excluding hydrogens is 350 g/mol. The number of thiazole rings is 1. The number of hydrogen-bond donors (Lipinski definition) is 1. The Morgan fingerprint density at radius 1 is 1.15 bits per heavy atom. The first-order chi connectivity index (χ1) is 12.8. The molecule has 8 nitrogen and oxygen atoms in total. The number of piperidine rings is 1. The molecule has 1 amide bonds. The molecule has 0 aliphatic carbocycles. The van der Waals surface area contributed by atoms with Gasteiger partial charge in [-0.1, -0.05) is 0 Å². The minimum absolute atomic E-state index is 0.0614. The van der Waals surface area contributed by atoms with E-state index in [-0.39, 0.29) is 17.8 Å². The van der Waals surface area contributed by atoms with E-state index in [1.54, 1.807) is 37.1 Å². The average Bonchev–Trinajstić information content (AvgIpc) is 3.17. The third-order valence-electron chi connectivity index (χ3n) is 4.18. The molecule has 1 fully saturated rings. The van der Waals surface area contributed by atoms with Gasteiger partial charge >= 0.3 is 0 Å². The Morgan fingerprint density at radius 2 is 2.04 bits per heavy atom. The predicted molar refractivity (Wildman–Crippen MR) is 97.1 cm³/mol. The Hall–Kier alpha value is -2.94. The Labute approximate surface area is 154 Å². The zero-order valence-corrected chi connectivity index (χ0v) is 14.8. The van der Waals surface area contributed by atoms with Crippen molar-refractivity contribution in [3.05, 3.63) is 53.9 Å². The number of carbonyl (C=O) groups excluding carboxylic acids is 1. The van der Waals surface area contributed by atoms with E-state index >= 15 is 0 Å². The monoisotopic (exact) mass is 367 g/mol. The van der Waals surface area contributed by atoms with Crippen LogP contribution >= 0.6 is 11.3 Å². The maximum atomic E-state index is 12.8. The second kappa shape index (κ2) is 7.52. The van der Waals surface area contributed by atoms with Crippen LogP contribution in [0.3, 0.4) is 0 Å². The number of aromatic nitrogens is 5. The van der Waals surface area contributed by atoms with Crippen LogP contribution in [0, 0.1) is 0 Å². The fourth-order valence-corrected chi connectivity index (χ4v) is 3.75. The number of anilines is 2. The van der Waals surface area contributed by atoms with Crippen molar-refractivity contribution in [3.8, 4) is 0 Å². The van der Waals surface area contributed by atoms with E-state index in [4.69, 9.17) is 0 Å².